The quantitative estimate of drug-likeness (QED) is 0.789. The topological polar surface area (TPSA) is 85.8 Å². The molecule has 0 saturated heterocycles. The number of aromatic nitrogens is 4. The molecule has 0 aliphatic carbocycles. The number of nitrogens with one attached hydrogen (secondary N) is 1. The van der Waals surface area contributed by atoms with Crippen LogP contribution in [0.3, 0.4) is 0 Å². The minimum Gasteiger partial charge on any atom is -0.350 e. The smallest absolute Gasteiger partial charge is 0.290 e. The average molecular weight is 341 g/mol. The lowest BCUT2D eigenvalue weighted by Gasteiger charge is -2.24. The van der Waals surface area contributed by atoms with Crippen LogP contribution >= 0.6 is 0 Å². The van der Waals surface area contributed by atoms with Crippen LogP contribution in [0.25, 0.3) is 11.3 Å². The summed E-state index contributed by atoms with van der Waals surface area (Å²) in [6.45, 7) is 2.52. The van der Waals surface area contributed by atoms with Gasteiger partial charge in [-0.25, -0.2) is 4.39 Å². The van der Waals surface area contributed by atoms with Crippen LogP contribution in [0.15, 0.2) is 34.9 Å². The van der Waals surface area contributed by atoms with Crippen LogP contribution in [0.1, 0.15) is 28.6 Å². The van der Waals surface area contributed by atoms with Crippen molar-refractivity contribution < 1.29 is 13.7 Å². The van der Waals surface area contributed by atoms with Crippen LogP contribution in [-0.4, -0.2) is 31.9 Å². The van der Waals surface area contributed by atoms with Crippen LogP contribution in [-0.2, 0) is 13.0 Å². The summed E-state index contributed by atoms with van der Waals surface area (Å²) in [5, 5.41) is 15.0. The van der Waals surface area contributed by atoms with Gasteiger partial charge in [-0.15, -0.1) is 10.2 Å². The molecule has 25 heavy (non-hydrogen) atoms. The summed E-state index contributed by atoms with van der Waals surface area (Å²) < 4.78 is 20.4. The van der Waals surface area contributed by atoms with Crippen molar-refractivity contribution in [2.24, 2.45) is 0 Å². The summed E-state index contributed by atoms with van der Waals surface area (Å²) in [5.41, 5.74) is 0.982. The first-order valence-electron chi connectivity index (χ1n) is 8.02. The van der Waals surface area contributed by atoms with Gasteiger partial charge in [-0.2, -0.15) is 0 Å². The molecule has 0 bridgehead atoms. The molecule has 0 radical (unpaired) electrons. The molecule has 1 aliphatic rings. The Bertz CT molecular complexity index is 933. The number of hydrogen-bond acceptors (Lipinski definition) is 5. The van der Waals surface area contributed by atoms with Crippen LogP contribution in [0.2, 0.25) is 0 Å². The lowest BCUT2D eigenvalue weighted by Crippen LogP contribution is -2.41. The molecular weight excluding hydrogens is 325 g/mol. The van der Waals surface area contributed by atoms with Crippen molar-refractivity contribution in [1.82, 2.24) is 25.2 Å². The number of nitrogens with zero attached hydrogens (tertiary/aromatic N) is 4. The molecule has 2 aromatic heterocycles. The zero-order valence-electron chi connectivity index (χ0n) is 13.6. The zero-order valence-corrected chi connectivity index (χ0v) is 13.6. The van der Waals surface area contributed by atoms with Crippen molar-refractivity contribution in [2.45, 2.75) is 32.4 Å². The minimum absolute atomic E-state index is 0.0302. The van der Waals surface area contributed by atoms with Crippen molar-refractivity contribution in [1.29, 1.82) is 0 Å². The van der Waals surface area contributed by atoms with Crippen LogP contribution in [0.5, 0.6) is 0 Å². The molecule has 0 unspecified atom stereocenters. The summed E-state index contributed by atoms with van der Waals surface area (Å²) >= 11 is 0. The summed E-state index contributed by atoms with van der Waals surface area (Å²) in [4.78, 5) is 12.4. The minimum atomic E-state index is -0.367. The van der Waals surface area contributed by atoms with Gasteiger partial charge in [0, 0.05) is 30.6 Å². The second-order valence-electron chi connectivity index (χ2n) is 6.07. The predicted octanol–water partition coefficient (Wildman–Crippen LogP) is 2.13. The highest BCUT2D eigenvalue weighted by Gasteiger charge is 2.24. The van der Waals surface area contributed by atoms with E-state index in [1.54, 1.807) is 12.1 Å². The fourth-order valence-electron chi connectivity index (χ4n) is 3.00. The molecule has 8 heteroatoms. The molecule has 1 atom stereocenters. The van der Waals surface area contributed by atoms with E-state index in [2.05, 4.69) is 20.7 Å². The second-order valence-corrected chi connectivity index (χ2v) is 6.07. The lowest BCUT2D eigenvalue weighted by molar-refractivity contribution is 0.0890. The van der Waals surface area contributed by atoms with E-state index in [0.29, 0.717) is 17.8 Å². The Morgan fingerprint density at radius 3 is 3.08 bits per heavy atom. The third kappa shape index (κ3) is 3.02. The van der Waals surface area contributed by atoms with E-state index in [1.165, 1.54) is 18.2 Å². The standard InChI is InChI=1S/C17H16FN5O2/c1-10-20-21-16-6-5-13(9-23(10)16)19-17(24)15-8-14(22-25-15)11-3-2-4-12(18)7-11/h2-4,7-8,13H,5-6,9H2,1H3,(H,19,24)/t13-/m1/s1. The van der Waals surface area contributed by atoms with E-state index in [0.717, 1.165) is 24.5 Å². The van der Waals surface area contributed by atoms with Gasteiger partial charge in [-0.05, 0) is 25.5 Å². The average Bonchev–Trinajstić information content (AvgIpc) is 3.23. The van der Waals surface area contributed by atoms with Gasteiger partial charge in [0.2, 0.25) is 5.76 Å². The first-order valence-corrected chi connectivity index (χ1v) is 8.02. The Kier molecular flexibility index (Phi) is 3.79. The first-order chi connectivity index (χ1) is 12.1. The lowest BCUT2D eigenvalue weighted by atomic mass is 10.1. The maximum absolute atomic E-state index is 13.3. The van der Waals surface area contributed by atoms with E-state index in [1.807, 2.05) is 11.5 Å². The van der Waals surface area contributed by atoms with Crippen molar-refractivity contribution in [3.05, 3.63) is 53.6 Å². The van der Waals surface area contributed by atoms with Gasteiger partial charge in [0.15, 0.2) is 0 Å². The number of carbonyl (C=O) groups excluding carboxylic acids is 1. The maximum Gasteiger partial charge on any atom is 0.290 e. The number of carbonyl (C=O) groups is 1. The highest BCUT2D eigenvalue weighted by molar-refractivity contribution is 5.92. The summed E-state index contributed by atoms with van der Waals surface area (Å²) in [6, 6.07) is 7.47. The Labute approximate surface area is 142 Å². The van der Waals surface area contributed by atoms with Gasteiger partial charge in [0.1, 0.15) is 23.2 Å². The number of amides is 1. The van der Waals surface area contributed by atoms with E-state index >= 15 is 0 Å². The van der Waals surface area contributed by atoms with Gasteiger partial charge in [0.25, 0.3) is 5.91 Å². The molecule has 4 rings (SSSR count). The highest BCUT2D eigenvalue weighted by atomic mass is 19.1. The Morgan fingerprint density at radius 1 is 1.36 bits per heavy atom. The molecule has 3 heterocycles. The Balaban J connectivity index is 1.46. The SMILES string of the molecule is Cc1nnc2n1C[C@H](NC(=O)c1cc(-c3cccc(F)c3)no1)CC2. The van der Waals surface area contributed by atoms with E-state index in [9.17, 15) is 9.18 Å². The molecule has 7 nitrogen and oxygen atoms in total. The second kappa shape index (κ2) is 6.12. The van der Waals surface area contributed by atoms with Crippen molar-refractivity contribution in [3.63, 3.8) is 0 Å². The van der Waals surface area contributed by atoms with Gasteiger partial charge < -0.3 is 14.4 Å². The summed E-state index contributed by atoms with van der Waals surface area (Å²) in [7, 11) is 0. The van der Waals surface area contributed by atoms with Gasteiger partial charge in [-0.3, -0.25) is 4.79 Å². The molecule has 128 valence electrons. The van der Waals surface area contributed by atoms with E-state index < -0.39 is 0 Å². The molecule has 3 aromatic rings. The van der Waals surface area contributed by atoms with Crippen molar-refractivity contribution in [3.8, 4) is 11.3 Å². The first kappa shape index (κ1) is 15.5. The fraction of sp³-hybridized carbons (Fsp3) is 0.294. The third-order valence-corrected chi connectivity index (χ3v) is 4.32. The molecule has 0 spiro atoms. The summed E-state index contributed by atoms with van der Waals surface area (Å²) in [5.74, 6) is 1.17. The number of halogens is 1. The van der Waals surface area contributed by atoms with E-state index in [4.69, 9.17) is 4.52 Å². The number of aryl methyl sites for hydroxylation is 2. The number of fused-ring (bicyclic) bond motifs is 1. The number of rotatable bonds is 3. The van der Waals surface area contributed by atoms with Crippen LogP contribution in [0, 0.1) is 12.7 Å². The summed E-state index contributed by atoms with van der Waals surface area (Å²) in [6.07, 6.45) is 1.55. The number of benzene rings is 1. The number of hydrogen-bond donors (Lipinski definition) is 1. The van der Waals surface area contributed by atoms with Crippen LogP contribution < -0.4 is 5.32 Å². The molecule has 1 amide bonds. The van der Waals surface area contributed by atoms with Gasteiger partial charge in [-0.1, -0.05) is 17.3 Å². The maximum atomic E-state index is 13.3. The van der Waals surface area contributed by atoms with Gasteiger partial charge in [0.05, 0.1) is 0 Å². The highest BCUT2D eigenvalue weighted by Crippen LogP contribution is 2.20. The zero-order chi connectivity index (χ0) is 17.4. The molecule has 0 saturated carbocycles. The Hall–Kier alpha value is -3.03. The van der Waals surface area contributed by atoms with E-state index in [-0.39, 0.29) is 23.5 Å². The molecule has 0 fully saturated rings. The van der Waals surface area contributed by atoms with Crippen LogP contribution in [0.4, 0.5) is 4.39 Å². The fourth-order valence-corrected chi connectivity index (χ4v) is 3.00. The predicted molar refractivity (Wildman–Crippen MR) is 86.2 cm³/mol. The largest absolute Gasteiger partial charge is 0.350 e. The molecule has 1 aliphatic heterocycles. The molecule has 1 aromatic carbocycles. The molecular formula is C17H16FN5O2. The monoisotopic (exact) mass is 341 g/mol. The third-order valence-electron chi connectivity index (χ3n) is 4.32. The Morgan fingerprint density at radius 2 is 2.24 bits per heavy atom. The van der Waals surface area contributed by atoms with Crippen molar-refractivity contribution >= 4 is 5.91 Å². The van der Waals surface area contributed by atoms with Crippen molar-refractivity contribution in [2.75, 3.05) is 0 Å². The normalized spacial score (nSPS) is 16.5. The molecule has 1 N–H and O–H groups in total. The van der Waals surface area contributed by atoms with Gasteiger partial charge >= 0.3 is 0 Å².